The second-order valence-corrected chi connectivity index (χ2v) is 5.00. The van der Waals surface area contributed by atoms with E-state index in [0.29, 0.717) is 0 Å². The highest BCUT2D eigenvalue weighted by Crippen LogP contribution is 2.17. The zero-order valence-electron chi connectivity index (χ0n) is 11.0. The van der Waals surface area contributed by atoms with E-state index in [-0.39, 0.29) is 12.0 Å². The van der Waals surface area contributed by atoms with Crippen LogP contribution in [0.3, 0.4) is 0 Å². The second kappa shape index (κ2) is 5.57. The van der Waals surface area contributed by atoms with E-state index in [1.165, 1.54) is 0 Å². The summed E-state index contributed by atoms with van der Waals surface area (Å²) in [5, 5.41) is 0. The lowest BCUT2D eigenvalue weighted by atomic mass is 10.2. The summed E-state index contributed by atoms with van der Waals surface area (Å²) in [6.07, 6.45) is 3.49. The van der Waals surface area contributed by atoms with Crippen molar-refractivity contribution < 1.29 is 9.53 Å². The number of hydrogen-bond donors (Lipinski definition) is 0. The maximum atomic E-state index is 12.2. The molecule has 0 aliphatic carbocycles. The molecule has 0 radical (unpaired) electrons. The maximum Gasteiger partial charge on any atom is 0.251 e. The highest BCUT2D eigenvalue weighted by molar-refractivity contribution is 5.81. The average Bonchev–Trinajstić information content (AvgIpc) is 3.02. The molecule has 3 heterocycles. The summed E-state index contributed by atoms with van der Waals surface area (Å²) in [5.41, 5.74) is 0. The zero-order valence-corrected chi connectivity index (χ0v) is 11.0. The Hall–Kier alpha value is -1.62. The summed E-state index contributed by atoms with van der Waals surface area (Å²) in [4.78, 5) is 20.7. The van der Waals surface area contributed by atoms with Crippen molar-refractivity contribution in [3.8, 4) is 0 Å². The van der Waals surface area contributed by atoms with Crippen molar-refractivity contribution in [3.05, 3.63) is 24.4 Å². The smallest absolute Gasteiger partial charge is 0.251 e. The number of anilines is 1. The topological polar surface area (TPSA) is 45.7 Å². The molecule has 3 rings (SSSR count). The Labute approximate surface area is 113 Å². The average molecular weight is 261 g/mol. The van der Waals surface area contributed by atoms with Gasteiger partial charge in [-0.25, -0.2) is 4.98 Å². The van der Waals surface area contributed by atoms with E-state index in [4.69, 9.17) is 4.74 Å². The summed E-state index contributed by atoms with van der Waals surface area (Å²) >= 11 is 0. The molecule has 0 N–H and O–H groups in total. The van der Waals surface area contributed by atoms with Gasteiger partial charge in [0, 0.05) is 39.0 Å². The number of carbonyl (C=O) groups excluding carboxylic acids is 1. The van der Waals surface area contributed by atoms with E-state index >= 15 is 0 Å². The first-order valence-corrected chi connectivity index (χ1v) is 6.91. The minimum Gasteiger partial charge on any atom is -0.368 e. The van der Waals surface area contributed by atoms with Crippen molar-refractivity contribution in [1.29, 1.82) is 0 Å². The largest absolute Gasteiger partial charge is 0.368 e. The van der Waals surface area contributed by atoms with Crippen molar-refractivity contribution in [2.75, 3.05) is 37.7 Å². The SMILES string of the molecule is O=C([C@@H]1CCCO1)N1CCN(c2ccccn2)CC1. The maximum absolute atomic E-state index is 12.2. The Kier molecular flexibility index (Phi) is 3.64. The molecular formula is C14H19N3O2. The first-order valence-electron chi connectivity index (χ1n) is 6.91. The predicted molar refractivity (Wildman–Crippen MR) is 72.0 cm³/mol. The molecule has 2 aliphatic heterocycles. The van der Waals surface area contributed by atoms with Crippen molar-refractivity contribution in [2.24, 2.45) is 0 Å². The third-order valence-corrected chi connectivity index (χ3v) is 3.77. The van der Waals surface area contributed by atoms with Crippen LogP contribution in [0.1, 0.15) is 12.8 Å². The van der Waals surface area contributed by atoms with Gasteiger partial charge in [-0.1, -0.05) is 6.07 Å². The highest BCUT2D eigenvalue weighted by atomic mass is 16.5. The molecule has 0 bridgehead atoms. The van der Waals surface area contributed by atoms with Gasteiger partial charge in [-0.2, -0.15) is 0 Å². The van der Waals surface area contributed by atoms with Gasteiger partial charge in [0.05, 0.1) is 0 Å². The van der Waals surface area contributed by atoms with E-state index in [1.807, 2.05) is 23.1 Å². The van der Waals surface area contributed by atoms with Gasteiger partial charge in [0.15, 0.2) is 0 Å². The number of aromatic nitrogens is 1. The number of ether oxygens (including phenoxy) is 1. The standard InChI is InChI=1S/C14H19N3O2/c18-14(12-4-3-11-19-12)17-9-7-16(8-10-17)13-5-1-2-6-15-13/h1-2,5-6,12H,3-4,7-11H2/t12-/m0/s1. The third kappa shape index (κ3) is 2.71. The molecule has 5 heteroatoms. The molecule has 1 aromatic heterocycles. The zero-order chi connectivity index (χ0) is 13.1. The van der Waals surface area contributed by atoms with Crippen LogP contribution in [-0.2, 0) is 9.53 Å². The lowest BCUT2D eigenvalue weighted by Crippen LogP contribution is -2.51. The van der Waals surface area contributed by atoms with E-state index in [1.54, 1.807) is 6.20 Å². The van der Waals surface area contributed by atoms with Crippen molar-refractivity contribution in [3.63, 3.8) is 0 Å². The Bertz CT molecular complexity index is 424. The minimum atomic E-state index is -0.193. The molecule has 19 heavy (non-hydrogen) atoms. The van der Waals surface area contributed by atoms with Crippen LogP contribution >= 0.6 is 0 Å². The molecule has 2 aliphatic rings. The number of hydrogen-bond acceptors (Lipinski definition) is 4. The lowest BCUT2D eigenvalue weighted by molar-refractivity contribution is -0.141. The first kappa shape index (κ1) is 12.4. The summed E-state index contributed by atoms with van der Waals surface area (Å²) in [7, 11) is 0. The fourth-order valence-corrected chi connectivity index (χ4v) is 2.67. The van der Waals surface area contributed by atoms with Gasteiger partial charge in [-0.3, -0.25) is 4.79 Å². The summed E-state index contributed by atoms with van der Waals surface area (Å²) in [6.45, 7) is 3.93. The fourth-order valence-electron chi connectivity index (χ4n) is 2.67. The highest BCUT2D eigenvalue weighted by Gasteiger charge is 2.30. The molecule has 1 atom stereocenters. The molecule has 0 aromatic carbocycles. The Balaban J connectivity index is 1.56. The van der Waals surface area contributed by atoms with Crippen molar-refractivity contribution in [2.45, 2.75) is 18.9 Å². The predicted octanol–water partition coefficient (Wildman–Crippen LogP) is 0.909. The fraction of sp³-hybridized carbons (Fsp3) is 0.571. The molecule has 0 unspecified atom stereocenters. The molecule has 2 saturated heterocycles. The molecule has 5 nitrogen and oxygen atoms in total. The van der Waals surface area contributed by atoms with E-state index in [0.717, 1.165) is 51.4 Å². The van der Waals surface area contributed by atoms with Gasteiger partial charge < -0.3 is 14.5 Å². The van der Waals surface area contributed by atoms with E-state index in [9.17, 15) is 4.79 Å². The number of rotatable bonds is 2. The summed E-state index contributed by atoms with van der Waals surface area (Å²) in [6, 6.07) is 5.92. The van der Waals surface area contributed by atoms with E-state index in [2.05, 4.69) is 9.88 Å². The molecule has 1 aromatic rings. The van der Waals surface area contributed by atoms with Gasteiger partial charge in [0.2, 0.25) is 0 Å². The Morgan fingerprint density at radius 1 is 1.26 bits per heavy atom. The molecule has 0 spiro atoms. The number of carbonyl (C=O) groups is 1. The quantitative estimate of drug-likeness (QED) is 0.794. The Morgan fingerprint density at radius 2 is 2.11 bits per heavy atom. The van der Waals surface area contributed by atoms with Crippen LogP contribution in [0, 0.1) is 0 Å². The van der Waals surface area contributed by atoms with Gasteiger partial charge in [-0.05, 0) is 25.0 Å². The second-order valence-electron chi connectivity index (χ2n) is 5.00. The number of piperazine rings is 1. The third-order valence-electron chi connectivity index (χ3n) is 3.77. The van der Waals surface area contributed by atoms with Crippen LogP contribution < -0.4 is 4.90 Å². The normalized spacial score (nSPS) is 23.7. The first-order chi connectivity index (χ1) is 9.34. The van der Waals surface area contributed by atoms with Crippen LogP contribution in [0.5, 0.6) is 0 Å². The summed E-state index contributed by atoms with van der Waals surface area (Å²) < 4.78 is 5.46. The van der Waals surface area contributed by atoms with Crippen molar-refractivity contribution >= 4 is 11.7 Å². The number of pyridine rings is 1. The Morgan fingerprint density at radius 3 is 2.74 bits per heavy atom. The van der Waals surface area contributed by atoms with Gasteiger partial charge in [0.1, 0.15) is 11.9 Å². The number of nitrogens with zero attached hydrogens (tertiary/aromatic N) is 3. The molecular weight excluding hydrogens is 242 g/mol. The molecule has 0 saturated carbocycles. The van der Waals surface area contributed by atoms with Crippen molar-refractivity contribution in [1.82, 2.24) is 9.88 Å². The van der Waals surface area contributed by atoms with E-state index < -0.39 is 0 Å². The monoisotopic (exact) mass is 261 g/mol. The minimum absolute atomic E-state index is 0.165. The van der Waals surface area contributed by atoms with Gasteiger partial charge in [0.25, 0.3) is 5.91 Å². The van der Waals surface area contributed by atoms with Gasteiger partial charge in [-0.15, -0.1) is 0 Å². The molecule has 2 fully saturated rings. The van der Waals surface area contributed by atoms with Gasteiger partial charge >= 0.3 is 0 Å². The van der Waals surface area contributed by atoms with Crippen LogP contribution in [-0.4, -0.2) is 54.7 Å². The van der Waals surface area contributed by atoms with Crippen LogP contribution in [0.15, 0.2) is 24.4 Å². The number of amides is 1. The molecule has 1 amide bonds. The molecule has 102 valence electrons. The lowest BCUT2D eigenvalue weighted by Gasteiger charge is -2.36. The van der Waals surface area contributed by atoms with Crippen LogP contribution in [0.2, 0.25) is 0 Å². The van der Waals surface area contributed by atoms with Crippen LogP contribution in [0.25, 0.3) is 0 Å². The van der Waals surface area contributed by atoms with Crippen LogP contribution in [0.4, 0.5) is 5.82 Å². The summed E-state index contributed by atoms with van der Waals surface area (Å²) in [5.74, 6) is 1.16.